The second-order valence-electron chi connectivity index (χ2n) is 5.48. The number of nitrogens with zero attached hydrogens (tertiary/aromatic N) is 2. The molecule has 2 heterocycles. The van der Waals surface area contributed by atoms with Crippen molar-refractivity contribution in [3.8, 4) is 5.75 Å². The number of para-hydroxylation sites is 1. The van der Waals surface area contributed by atoms with Crippen molar-refractivity contribution in [3.05, 3.63) is 47.4 Å². The maximum Gasteiger partial charge on any atom is 0.230 e. The molecule has 1 aromatic carbocycles. The lowest BCUT2D eigenvalue weighted by Crippen LogP contribution is -2.33. The van der Waals surface area contributed by atoms with E-state index in [1.807, 2.05) is 44.2 Å². The lowest BCUT2D eigenvalue weighted by atomic mass is 10.0. The summed E-state index contributed by atoms with van der Waals surface area (Å²) in [4.78, 5) is 20.8. The van der Waals surface area contributed by atoms with Crippen LogP contribution in [0.25, 0.3) is 0 Å². The minimum absolute atomic E-state index is 0.00521. The van der Waals surface area contributed by atoms with Gasteiger partial charge in [0.2, 0.25) is 5.91 Å². The van der Waals surface area contributed by atoms with Gasteiger partial charge in [0, 0.05) is 17.7 Å². The number of carbonyl (C=O) groups is 1. The van der Waals surface area contributed by atoms with E-state index in [0.717, 1.165) is 34.3 Å². The molecule has 0 saturated heterocycles. The predicted octanol–water partition coefficient (Wildman–Crippen LogP) is 2.83. The van der Waals surface area contributed by atoms with E-state index in [4.69, 9.17) is 4.74 Å². The molecule has 5 nitrogen and oxygen atoms in total. The molecule has 3 rings (SSSR count). The Morgan fingerprint density at radius 1 is 1.35 bits per heavy atom. The number of thioether (sulfide) groups is 1. The molecule has 0 saturated carbocycles. The molecular formula is C17H19N3O2S. The number of amides is 1. The van der Waals surface area contributed by atoms with Crippen LogP contribution in [0.3, 0.4) is 0 Å². The fourth-order valence-corrected chi connectivity index (χ4v) is 3.44. The lowest BCUT2D eigenvalue weighted by Gasteiger charge is -2.26. The van der Waals surface area contributed by atoms with Gasteiger partial charge in [-0.1, -0.05) is 30.0 Å². The number of ether oxygens (including phenoxy) is 1. The van der Waals surface area contributed by atoms with Gasteiger partial charge in [-0.15, -0.1) is 0 Å². The zero-order valence-electron chi connectivity index (χ0n) is 13.2. The summed E-state index contributed by atoms with van der Waals surface area (Å²) in [7, 11) is 0. The summed E-state index contributed by atoms with van der Waals surface area (Å²) in [5.74, 6) is 1.94. The van der Waals surface area contributed by atoms with Gasteiger partial charge in [0.15, 0.2) is 0 Å². The molecule has 1 aliphatic rings. The van der Waals surface area contributed by atoms with E-state index in [-0.39, 0.29) is 11.9 Å². The standard InChI is InChI=1S/C17H19N3O2S/c1-11-9-17(19-12(2)18-11)23-10-16(21)20-14-7-8-22-15-6-4-3-5-13(14)15/h3-6,9,14H,7-8,10H2,1-2H3,(H,20,21). The number of rotatable bonds is 4. The normalized spacial score (nSPS) is 16.3. The number of nitrogens with one attached hydrogen (secondary N) is 1. The van der Waals surface area contributed by atoms with Crippen LogP contribution in [0.2, 0.25) is 0 Å². The molecule has 1 aliphatic heterocycles. The van der Waals surface area contributed by atoms with Crippen molar-refractivity contribution in [2.45, 2.75) is 31.3 Å². The molecule has 1 N–H and O–H groups in total. The number of benzene rings is 1. The first-order valence-electron chi connectivity index (χ1n) is 7.58. The first kappa shape index (κ1) is 15.8. The molecule has 0 aliphatic carbocycles. The highest BCUT2D eigenvalue weighted by Gasteiger charge is 2.22. The molecule has 1 atom stereocenters. The first-order valence-corrected chi connectivity index (χ1v) is 8.56. The Labute approximate surface area is 139 Å². The molecule has 23 heavy (non-hydrogen) atoms. The Morgan fingerprint density at radius 3 is 3.00 bits per heavy atom. The van der Waals surface area contributed by atoms with Crippen molar-refractivity contribution < 1.29 is 9.53 Å². The number of fused-ring (bicyclic) bond motifs is 1. The van der Waals surface area contributed by atoms with Crippen LogP contribution in [-0.4, -0.2) is 28.2 Å². The van der Waals surface area contributed by atoms with Crippen LogP contribution in [0.15, 0.2) is 35.4 Å². The Bertz CT molecular complexity index is 700. The van der Waals surface area contributed by atoms with Crippen LogP contribution < -0.4 is 10.1 Å². The maximum absolute atomic E-state index is 12.2. The summed E-state index contributed by atoms with van der Waals surface area (Å²) in [5, 5.41) is 3.92. The van der Waals surface area contributed by atoms with E-state index in [1.54, 1.807) is 0 Å². The summed E-state index contributed by atoms with van der Waals surface area (Å²) in [6.07, 6.45) is 0.791. The Hall–Kier alpha value is -2.08. The lowest BCUT2D eigenvalue weighted by molar-refractivity contribution is -0.119. The van der Waals surface area contributed by atoms with Crippen LogP contribution in [0.1, 0.15) is 29.5 Å². The largest absolute Gasteiger partial charge is 0.493 e. The van der Waals surface area contributed by atoms with E-state index in [0.29, 0.717) is 12.4 Å². The summed E-state index contributed by atoms with van der Waals surface area (Å²) >= 11 is 1.43. The van der Waals surface area contributed by atoms with Crippen molar-refractivity contribution in [1.29, 1.82) is 0 Å². The van der Waals surface area contributed by atoms with Gasteiger partial charge in [-0.3, -0.25) is 4.79 Å². The third kappa shape index (κ3) is 4.01. The van der Waals surface area contributed by atoms with E-state index in [2.05, 4.69) is 15.3 Å². The van der Waals surface area contributed by atoms with E-state index < -0.39 is 0 Å². The van der Waals surface area contributed by atoms with Crippen molar-refractivity contribution in [1.82, 2.24) is 15.3 Å². The highest BCUT2D eigenvalue weighted by Crippen LogP contribution is 2.31. The molecule has 2 aromatic rings. The fraction of sp³-hybridized carbons (Fsp3) is 0.353. The number of aryl methyl sites for hydroxylation is 2. The van der Waals surface area contributed by atoms with Gasteiger partial charge >= 0.3 is 0 Å². The topological polar surface area (TPSA) is 64.1 Å². The van der Waals surface area contributed by atoms with Gasteiger partial charge in [0.25, 0.3) is 0 Å². The minimum atomic E-state index is 0.00521. The quantitative estimate of drug-likeness (QED) is 0.690. The van der Waals surface area contributed by atoms with Gasteiger partial charge in [0.1, 0.15) is 16.6 Å². The molecular weight excluding hydrogens is 310 g/mol. The Balaban J connectivity index is 1.60. The first-order chi connectivity index (χ1) is 11.1. The molecule has 1 amide bonds. The zero-order chi connectivity index (χ0) is 16.2. The zero-order valence-corrected chi connectivity index (χ0v) is 14.0. The molecule has 0 bridgehead atoms. The number of carbonyl (C=O) groups excluding carboxylic acids is 1. The third-order valence-corrected chi connectivity index (χ3v) is 4.50. The van der Waals surface area contributed by atoms with Crippen molar-refractivity contribution in [3.63, 3.8) is 0 Å². The summed E-state index contributed by atoms with van der Waals surface area (Å²) in [6, 6.07) is 9.77. The van der Waals surface area contributed by atoms with Crippen LogP contribution in [-0.2, 0) is 4.79 Å². The van der Waals surface area contributed by atoms with Crippen LogP contribution >= 0.6 is 11.8 Å². The Morgan fingerprint density at radius 2 is 2.17 bits per heavy atom. The summed E-state index contributed by atoms with van der Waals surface area (Å²) in [6.45, 7) is 4.41. The van der Waals surface area contributed by atoms with Crippen molar-refractivity contribution in [2.75, 3.05) is 12.4 Å². The molecule has 1 unspecified atom stereocenters. The monoisotopic (exact) mass is 329 g/mol. The highest BCUT2D eigenvalue weighted by molar-refractivity contribution is 7.99. The third-order valence-electron chi connectivity index (χ3n) is 3.59. The average molecular weight is 329 g/mol. The Kier molecular flexibility index (Phi) is 4.81. The van der Waals surface area contributed by atoms with E-state index in [1.165, 1.54) is 11.8 Å². The van der Waals surface area contributed by atoms with Crippen molar-refractivity contribution in [2.24, 2.45) is 0 Å². The average Bonchev–Trinajstić information content (AvgIpc) is 2.52. The smallest absolute Gasteiger partial charge is 0.230 e. The second kappa shape index (κ2) is 7.00. The predicted molar refractivity (Wildman–Crippen MR) is 89.7 cm³/mol. The van der Waals surface area contributed by atoms with Gasteiger partial charge < -0.3 is 10.1 Å². The van der Waals surface area contributed by atoms with Crippen molar-refractivity contribution >= 4 is 17.7 Å². The number of hydrogen-bond donors (Lipinski definition) is 1. The maximum atomic E-state index is 12.2. The molecule has 0 fully saturated rings. The molecule has 6 heteroatoms. The second-order valence-corrected chi connectivity index (χ2v) is 6.47. The van der Waals surface area contributed by atoms with Crippen LogP contribution in [0.5, 0.6) is 5.75 Å². The van der Waals surface area contributed by atoms with E-state index >= 15 is 0 Å². The summed E-state index contributed by atoms with van der Waals surface area (Å²) in [5.41, 5.74) is 1.96. The van der Waals surface area contributed by atoms with Crippen LogP contribution in [0, 0.1) is 13.8 Å². The molecule has 120 valence electrons. The number of aromatic nitrogens is 2. The highest BCUT2D eigenvalue weighted by atomic mass is 32.2. The van der Waals surface area contributed by atoms with Gasteiger partial charge in [0.05, 0.1) is 18.4 Å². The van der Waals surface area contributed by atoms with Gasteiger partial charge in [-0.2, -0.15) is 0 Å². The molecule has 0 radical (unpaired) electrons. The number of hydrogen-bond acceptors (Lipinski definition) is 5. The SMILES string of the molecule is Cc1cc(SCC(=O)NC2CCOc3ccccc32)nc(C)n1. The van der Waals surface area contributed by atoms with Gasteiger partial charge in [-0.05, 0) is 26.0 Å². The molecule has 0 spiro atoms. The van der Waals surface area contributed by atoms with Gasteiger partial charge in [-0.25, -0.2) is 9.97 Å². The van der Waals surface area contributed by atoms with Crippen LogP contribution in [0.4, 0.5) is 0 Å². The molecule has 1 aromatic heterocycles. The fourth-order valence-electron chi connectivity index (χ4n) is 2.62. The minimum Gasteiger partial charge on any atom is -0.493 e. The summed E-state index contributed by atoms with van der Waals surface area (Å²) < 4.78 is 5.62. The van der Waals surface area contributed by atoms with E-state index in [9.17, 15) is 4.79 Å².